The molecule has 0 saturated carbocycles. The Balaban J connectivity index is 1.41. The van der Waals surface area contributed by atoms with E-state index in [0.717, 1.165) is 23.5 Å². The van der Waals surface area contributed by atoms with Crippen LogP contribution in [-0.2, 0) is 6.54 Å². The monoisotopic (exact) mass is 362 g/mol. The summed E-state index contributed by atoms with van der Waals surface area (Å²) in [4.78, 5) is 31.7. The lowest BCUT2D eigenvalue weighted by Crippen LogP contribution is -2.49. The fourth-order valence-electron chi connectivity index (χ4n) is 2.80. The number of hydrogen-bond acceptors (Lipinski definition) is 5. The van der Waals surface area contributed by atoms with Gasteiger partial charge in [-0.05, 0) is 32.8 Å². The average molecular weight is 362 g/mol. The number of nitrogens with zero attached hydrogens (tertiary/aromatic N) is 2. The van der Waals surface area contributed by atoms with Crippen LogP contribution < -0.4 is 10.6 Å². The van der Waals surface area contributed by atoms with Gasteiger partial charge in [-0.1, -0.05) is 0 Å². The summed E-state index contributed by atoms with van der Waals surface area (Å²) in [6, 6.07) is 1.56. The third-order valence-electron chi connectivity index (χ3n) is 4.36. The first-order valence-electron chi connectivity index (χ1n) is 8.31. The number of piperidine rings is 1. The molecule has 0 spiro atoms. The van der Waals surface area contributed by atoms with Crippen molar-refractivity contribution in [3.05, 3.63) is 39.7 Å². The zero-order valence-corrected chi connectivity index (χ0v) is 15.2. The summed E-state index contributed by atoms with van der Waals surface area (Å²) in [5.41, 5.74) is 1.58. The molecule has 3 amide bonds. The average Bonchev–Trinajstić information content (AvgIpc) is 3.24. The maximum Gasteiger partial charge on any atom is 0.315 e. The molecule has 134 valence electrons. The molecule has 7 nitrogen and oxygen atoms in total. The molecule has 3 heterocycles. The minimum absolute atomic E-state index is 0.0221. The Morgan fingerprint density at radius 2 is 2.12 bits per heavy atom. The zero-order valence-electron chi connectivity index (χ0n) is 14.4. The Kier molecular flexibility index (Phi) is 5.37. The number of amides is 3. The van der Waals surface area contributed by atoms with E-state index in [2.05, 4.69) is 15.6 Å². The molecule has 1 aliphatic heterocycles. The van der Waals surface area contributed by atoms with E-state index in [9.17, 15) is 9.59 Å². The molecule has 8 heteroatoms. The van der Waals surface area contributed by atoms with Gasteiger partial charge in [0.15, 0.2) is 0 Å². The van der Waals surface area contributed by atoms with Crippen LogP contribution in [0, 0.1) is 13.8 Å². The summed E-state index contributed by atoms with van der Waals surface area (Å²) in [6.45, 7) is 5.67. The van der Waals surface area contributed by atoms with Gasteiger partial charge in [-0.3, -0.25) is 4.79 Å². The van der Waals surface area contributed by atoms with Crippen molar-refractivity contribution < 1.29 is 14.0 Å². The van der Waals surface area contributed by atoms with Crippen LogP contribution in [0.5, 0.6) is 0 Å². The maximum absolute atomic E-state index is 12.2. The summed E-state index contributed by atoms with van der Waals surface area (Å²) in [6.07, 6.45) is 4.44. The van der Waals surface area contributed by atoms with Gasteiger partial charge in [0.2, 0.25) is 0 Å². The van der Waals surface area contributed by atoms with Gasteiger partial charge in [0, 0.05) is 24.0 Å². The Bertz CT molecular complexity index is 714. The third kappa shape index (κ3) is 4.39. The third-order valence-corrected chi connectivity index (χ3v) is 5.43. The molecule has 2 aromatic rings. The SMILES string of the molecule is Cc1nc(CNC(=O)NC2CCN(C(=O)c3ccoc3)CC2)sc1C. The fourth-order valence-corrected chi connectivity index (χ4v) is 3.68. The lowest BCUT2D eigenvalue weighted by Gasteiger charge is -2.32. The summed E-state index contributed by atoms with van der Waals surface area (Å²) in [5, 5.41) is 6.73. The number of likely N-dealkylation sites (tertiary alicyclic amines) is 1. The van der Waals surface area contributed by atoms with Crippen molar-refractivity contribution in [3.8, 4) is 0 Å². The molecule has 2 aromatic heterocycles. The Morgan fingerprint density at radius 1 is 1.36 bits per heavy atom. The van der Waals surface area contributed by atoms with Crippen molar-refractivity contribution in [2.45, 2.75) is 39.3 Å². The van der Waals surface area contributed by atoms with E-state index in [1.165, 1.54) is 17.4 Å². The second kappa shape index (κ2) is 7.69. The zero-order chi connectivity index (χ0) is 17.8. The van der Waals surface area contributed by atoms with E-state index < -0.39 is 0 Å². The highest BCUT2D eigenvalue weighted by Crippen LogP contribution is 2.16. The quantitative estimate of drug-likeness (QED) is 0.875. The van der Waals surface area contributed by atoms with Gasteiger partial charge >= 0.3 is 6.03 Å². The normalized spacial score (nSPS) is 15.2. The topological polar surface area (TPSA) is 87.5 Å². The molecule has 25 heavy (non-hydrogen) atoms. The predicted octanol–water partition coefficient (Wildman–Crippen LogP) is 2.46. The minimum atomic E-state index is -0.190. The smallest absolute Gasteiger partial charge is 0.315 e. The van der Waals surface area contributed by atoms with Crippen molar-refractivity contribution >= 4 is 23.3 Å². The molecular weight excluding hydrogens is 340 g/mol. The van der Waals surface area contributed by atoms with E-state index >= 15 is 0 Å². The Labute approximate surface area is 150 Å². The van der Waals surface area contributed by atoms with Gasteiger partial charge in [0.05, 0.1) is 24.1 Å². The van der Waals surface area contributed by atoms with Crippen molar-refractivity contribution in [2.24, 2.45) is 0 Å². The summed E-state index contributed by atoms with van der Waals surface area (Å²) in [7, 11) is 0. The molecule has 0 unspecified atom stereocenters. The van der Waals surface area contributed by atoms with Crippen LogP contribution in [-0.4, -0.2) is 41.0 Å². The van der Waals surface area contributed by atoms with E-state index in [-0.39, 0.29) is 18.0 Å². The second-order valence-electron chi connectivity index (χ2n) is 6.15. The molecule has 0 bridgehead atoms. The molecule has 0 aromatic carbocycles. The number of hydrogen-bond donors (Lipinski definition) is 2. The number of aromatic nitrogens is 1. The van der Waals surface area contributed by atoms with Crippen LogP contribution in [0.3, 0.4) is 0 Å². The number of carbonyl (C=O) groups is 2. The van der Waals surface area contributed by atoms with Crippen molar-refractivity contribution in [2.75, 3.05) is 13.1 Å². The Hall–Kier alpha value is -2.35. The summed E-state index contributed by atoms with van der Waals surface area (Å²) < 4.78 is 4.96. The number of rotatable bonds is 4. The van der Waals surface area contributed by atoms with Crippen LogP contribution in [0.1, 0.15) is 38.8 Å². The number of carbonyl (C=O) groups excluding carboxylic acids is 2. The molecule has 0 radical (unpaired) electrons. The van der Waals surface area contributed by atoms with E-state index in [0.29, 0.717) is 25.2 Å². The van der Waals surface area contributed by atoms with E-state index in [1.54, 1.807) is 22.3 Å². The first-order chi connectivity index (χ1) is 12.0. The van der Waals surface area contributed by atoms with Crippen molar-refractivity contribution in [1.29, 1.82) is 0 Å². The minimum Gasteiger partial charge on any atom is -0.472 e. The van der Waals surface area contributed by atoms with Gasteiger partial charge in [-0.25, -0.2) is 9.78 Å². The largest absolute Gasteiger partial charge is 0.472 e. The molecule has 1 aliphatic rings. The number of thiazole rings is 1. The fraction of sp³-hybridized carbons (Fsp3) is 0.471. The maximum atomic E-state index is 12.2. The molecule has 3 rings (SSSR count). The predicted molar refractivity (Wildman–Crippen MR) is 94.6 cm³/mol. The van der Waals surface area contributed by atoms with Gasteiger partial charge < -0.3 is 20.0 Å². The molecule has 1 saturated heterocycles. The highest BCUT2D eigenvalue weighted by atomic mass is 32.1. The van der Waals surface area contributed by atoms with Gasteiger partial charge in [-0.15, -0.1) is 11.3 Å². The van der Waals surface area contributed by atoms with E-state index in [4.69, 9.17) is 4.42 Å². The lowest BCUT2D eigenvalue weighted by molar-refractivity contribution is 0.0707. The van der Waals surface area contributed by atoms with Crippen molar-refractivity contribution in [1.82, 2.24) is 20.5 Å². The van der Waals surface area contributed by atoms with Crippen LogP contribution in [0.2, 0.25) is 0 Å². The van der Waals surface area contributed by atoms with Crippen LogP contribution in [0.15, 0.2) is 23.0 Å². The molecule has 0 atom stereocenters. The number of aryl methyl sites for hydroxylation is 2. The molecule has 2 N–H and O–H groups in total. The molecule has 0 aliphatic carbocycles. The summed E-state index contributed by atoms with van der Waals surface area (Å²) >= 11 is 1.60. The number of urea groups is 1. The molecule has 1 fully saturated rings. The van der Waals surface area contributed by atoms with Crippen molar-refractivity contribution in [3.63, 3.8) is 0 Å². The Morgan fingerprint density at radius 3 is 2.72 bits per heavy atom. The lowest BCUT2D eigenvalue weighted by atomic mass is 10.0. The number of nitrogens with one attached hydrogen (secondary N) is 2. The first-order valence-corrected chi connectivity index (χ1v) is 9.13. The van der Waals surface area contributed by atoms with Crippen LogP contribution >= 0.6 is 11.3 Å². The highest BCUT2D eigenvalue weighted by Gasteiger charge is 2.25. The van der Waals surface area contributed by atoms with Gasteiger partial charge in [-0.2, -0.15) is 0 Å². The van der Waals surface area contributed by atoms with Crippen LogP contribution in [0.25, 0.3) is 0 Å². The number of furan rings is 1. The second-order valence-corrected chi connectivity index (χ2v) is 7.44. The molecular formula is C17H22N4O3S. The van der Waals surface area contributed by atoms with Crippen LogP contribution in [0.4, 0.5) is 4.79 Å². The highest BCUT2D eigenvalue weighted by molar-refractivity contribution is 7.11. The van der Waals surface area contributed by atoms with Gasteiger partial charge in [0.1, 0.15) is 11.3 Å². The summed E-state index contributed by atoms with van der Waals surface area (Å²) in [5.74, 6) is -0.0221. The van der Waals surface area contributed by atoms with Gasteiger partial charge in [0.25, 0.3) is 5.91 Å². The first kappa shape index (κ1) is 17.5. The standard InChI is InChI=1S/C17H22N4O3S/c1-11-12(2)25-15(19-11)9-18-17(23)20-14-3-6-21(7-4-14)16(22)13-5-8-24-10-13/h5,8,10,14H,3-4,6-7,9H2,1-2H3,(H2,18,20,23). The van der Waals surface area contributed by atoms with E-state index in [1.807, 2.05) is 13.8 Å².